The molecule has 4 aromatic rings. The predicted molar refractivity (Wildman–Crippen MR) is 130 cm³/mol. The van der Waals surface area contributed by atoms with Crippen LogP contribution >= 0.6 is 11.3 Å². The molecule has 4 rings (SSSR count). The highest BCUT2D eigenvalue weighted by Crippen LogP contribution is 2.25. The van der Waals surface area contributed by atoms with E-state index in [0.29, 0.717) is 23.7 Å². The summed E-state index contributed by atoms with van der Waals surface area (Å²) >= 11 is 1.41. The number of benzene rings is 2. The van der Waals surface area contributed by atoms with Crippen molar-refractivity contribution >= 4 is 22.9 Å². The van der Waals surface area contributed by atoms with Crippen LogP contribution in [0.1, 0.15) is 43.1 Å². The van der Waals surface area contributed by atoms with Crippen molar-refractivity contribution in [1.29, 1.82) is 0 Å². The van der Waals surface area contributed by atoms with Gasteiger partial charge in [0.1, 0.15) is 12.4 Å². The maximum atomic E-state index is 12.7. The molecule has 0 aliphatic heterocycles. The van der Waals surface area contributed by atoms with Gasteiger partial charge in [0.2, 0.25) is 0 Å². The van der Waals surface area contributed by atoms with Crippen molar-refractivity contribution in [2.75, 3.05) is 5.32 Å². The predicted octanol–water partition coefficient (Wildman–Crippen LogP) is 6.06. The molecule has 0 aliphatic carbocycles. The molecule has 5 nitrogen and oxygen atoms in total. The lowest BCUT2D eigenvalue weighted by atomic mass is 10.1. The van der Waals surface area contributed by atoms with E-state index in [1.54, 1.807) is 6.20 Å². The van der Waals surface area contributed by atoms with E-state index in [2.05, 4.69) is 62.4 Å². The van der Waals surface area contributed by atoms with Crippen molar-refractivity contribution in [3.63, 3.8) is 0 Å². The van der Waals surface area contributed by atoms with Gasteiger partial charge in [-0.05, 0) is 73.0 Å². The number of thiophene rings is 1. The SMILES string of the molecule is Cc1cc(C)c(C)c(OCc2csc(C(=O)Nc3cnn(Cc4ccccc4C)c3)c2)c1. The molecule has 0 saturated heterocycles. The second-order valence-corrected chi connectivity index (χ2v) is 9.03. The fourth-order valence-corrected chi connectivity index (χ4v) is 4.34. The molecule has 0 bridgehead atoms. The lowest BCUT2D eigenvalue weighted by Crippen LogP contribution is -2.09. The van der Waals surface area contributed by atoms with Crippen LogP contribution in [0.4, 0.5) is 5.69 Å². The molecule has 0 aliphatic rings. The number of hydrogen-bond donors (Lipinski definition) is 1. The van der Waals surface area contributed by atoms with Gasteiger partial charge in [0.15, 0.2) is 0 Å². The first kappa shape index (κ1) is 21.8. The summed E-state index contributed by atoms with van der Waals surface area (Å²) in [5.74, 6) is 0.750. The minimum atomic E-state index is -0.140. The van der Waals surface area contributed by atoms with Gasteiger partial charge in [-0.3, -0.25) is 9.48 Å². The molecule has 0 fully saturated rings. The number of nitrogens with one attached hydrogen (secondary N) is 1. The molecular formula is C26H27N3O2S. The molecular weight excluding hydrogens is 418 g/mol. The summed E-state index contributed by atoms with van der Waals surface area (Å²) in [7, 11) is 0. The number of carbonyl (C=O) groups excluding carboxylic acids is 1. The number of ether oxygens (including phenoxy) is 1. The molecule has 164 valence electrons. The van der Waals surface area contributed by atoms with Crippen LogP contribution in [0.25, 0.3) is 0 Å². The average molecular weight is 446 g/mol. The summed E-state index contributed by atoms with van der Waals surface area (Å²) < 4.78 is 7.86. The molecule has 6 heteroatoms. The minimum Gasteiger partial charge on any atom is -0.489 e. The van der Waals surface area contributed by atoms with Gasteiger partial charge in [-0.2, -0.15) is 5.10 Å². The molecule has 0 radical (unpaired) electrons. The third-order valence-electron chi connectivity index (χ3n) is 5.52. The van der Waals surface area contributed by atoms with Crippen LogP contribution < -0.4 is 10.1 Å². The number of rotatable bonds is 7. The van der Waals surface area contributed by atoms with Gasteiger partial charge in [-0.15, -0.1) is 11.3 Å². The normalized spacial score (nSPS) is 10.9. The summed E-state index contributed by atoms with van der Waals surface area (Å²) in [5, 5.41) is 9.28. The van der Waals surface area contributed by atoms with Crippen LogP contribution in [0.5, 0.6) is 5.75 Å². The number of aromatic nitrogens is 2. The number of carbonyl (C=O) groups is 1. The number of amides is 1. The lowest BCUT2D eigenvalue weighted by molar-refractivity contribution is 0.103. The summed E-state index contributed by atoms with van der Waals surface area (Å²) in [4.78, 5) is 13.3. The van der Waals surface area contributed by atoms with E-state index in [1.807, 2.05) is 34.5 Å². The summed E-state index contributed by atoms with van der Waals surface area (Å²) in [6.07, 6.45) is 3.53. The first-order valence-electron chi connectivity index (χ1n) is 10.6. The summed E-state index contributed by atoms with van der Waals surface area (Å²) in [6, 6.07) is 14.3. The Morgan fingerprint density at radius 2 is 1.91 bits per heavy atom. The monoisotopic (exact) mass is 445 g/mol. The highest BCUT2D eigenvalue weighted by molar-refractivity contribution is 7.12. The van der Waals surface area contributed by atoms with Gasteiger partial charge in [0.05, 0.1) is 23.3 Å². The molecule has 1 amide bonds. The maximum Gasteiger partial charge on any atom is 0.265 e. The van der Waals surface area contributed by atoms with E-state index in [-0.39, 0.29) is 5.91 Å². The molecule has 2 aromatic heterocycles. The molecule has 2 aromatic carbocycles. The van der Waals surface area contributed by atoms with Gasteiger partial charge in [-0.25, -0.2) is 0 Å². The summed E-state index contributed by atoms with van der Waals surface area (Å²) in [6.45, 7) is 9.40. The second kappa shape index (κ2) is 9.40. The van der Waals surface area contributed by atoms with Gasteiger partial charge in [0.25, 0.3) is 5.91 Å². The van der Waals surface area contributed by atoms with Crippen LogP contribution in [-0.4, -0.2) is 15.7 Å². The average Bonchev–Trinajstić information content (AvgIpc) is 3.41. The molecule has 0 spiro atoms. The molecule has 0 unspecified atom stereocenters. The summed E-state index contributed by atoms with van der Waals surface area (Å²) in [5.41, 5.74) is 7.62. The van der Waals surface area contributed by atoms with Crippen LogP contribution in [0, 0.1) is 27.7 Å². The fourth-order valence-electron chi connectivity index (χ4n) is 3.55. The third kappa shape index (κ3) is 5.08. The molecule has 0 saturated carbocycles. The molecule has 2 heterocycles. The Hall–Kier alpha value is -3.38. The largest absolute Gasteiger partial charge is 0.489 e. The number of aryl methyl sites for hydroxylation is 3. The van der Waals surface area contributed by atoms with Gasteiger partial charge >= 0.3 is 0 Å². The van der Waals surface area contributed by atoms with E-state index in [1.165, 1.54) is 33.6 Å². The van der Waals surface area contributed by atoms with E-state index < -0.39 is 0 Å². The lowest BCUT2D eigenvalue weighted by Gasteiger charge is -2.11. The molecule has 0 atom stereocenters. The third-order valence-corrected chi connectivity index (χ3v) is 6.50. The zero-order valence-corrected chi connectivity index (χ0v) is 19.6. The number of nitrogens with zero attached hydrogens (tertiary/aromatic N) is 2. The zero-order chi connectivity index (χ0) is 22.7. The van der Waals surface area contributed by atoms with Gasteiger partial charge in [-0.1, -0.05) is 30.3 Å². The molecule has 32 heavy (non-hydrogen) atoms. The van der Waals surface area contributed by atoms with Crippen molar-refractivity contribution in [2.24, 2.45) is 0 Å². The first-order valence-corrected chi connectivity index (χ1v) is 11.4. The van der Waals surface area contributed by atoms with Crippen molar-refractivity contribution in [3.05, 3.63) is 98.5 Å². The van der Waals surface area contributed by atoms with E-state index in [0.717, 1.165) is 16.9 Å². The Labute approximate surface area is 192 Å². The fraction of sp³-hybridized carbons (Fsp3) is 0.231. The Kier molecular flexibility index (Phi) is 6.42. The van der Waals surface area contributed by atoms with E-state index in [4.69, 9.17) is 4.74 Å². The van der Waals surface area contributed by atoms with Crippen molar-refractivity contribution in [3.8, 4) is 5.75 Å². The Bertz CT molecular complexity index is 1260. The van der Waals surface area contributed by atoms with Crippen LogP contribution in [0.15, 0.2) is 60.2 Å². The van der Waals surface area contributed by atoms with Crippen molar-refractivity contribution in [2.45, 2.75) is 40.8 Å². The Morgan fingerprint density at radius 3 is 2.72 bits per heavy atom. The highest BCUT2D eigenvalue weighted by atomic mass is 32.1. The minimum absolute atomic E-state index is 0.140. The van der Waals surface area contributed by atoms with E-state index >= 15 is 0 Å². The second-order valence-electron chi connectivity index (χ2n) is 8.12. The molecule has 1 N–H and O–H groups in total. The Balaban J connectivity index is 1.36. The van der Waals surface area contributed by atoms with Crippen molar-refractivity contribution < 1.29 is 9.53 Å². The number of anilines is 1. The van der Waals surface area contributed by atoms with E-state index in [9.17, 15) is 4.79 Å². The van der Waals surface area contributed by atoms with Crippen LogP contribution in [0.2, 0.25) is 0 Å². The smallest absolute Gasteiger partial charge is 0.265 e. The Morgan fingerprint density at radius 1 is 1.09 bits per heavy atom. The van der Waals surface area contributed by atoms with Gasteiger partial charge in [0, 0.05) is 11.8 Å². The quantitative estimate of drug-likeness (QED) is 0.376. The maximum absolute atomic E-state index is 12.7. The zero-order valence-electron chi connectivity index (χ0n) is 18.8. The van der Waals surface area contributed by atoms with Crippen LogP contribution in [-0.2, 0) is 13.2 Å². The standard InChI is InChI=1S/C26H27N3O2S/c1-17-9-19(3)20(4)24(10-17)31-15-21-11-25(32-16-21)26(30)28-23-12-27-29(14-23)13-22-8-6-5-7-18(22)2/h5-12,14,16H,13,15H2,1-4H3,(H,28,30). The first-order chi connectivity index (χ1) is 15.4. The van der Waals surface area contributed by atoms with Gasteiger partial charge < -0.3 is 10.1 Å². The number of hydrogen-bond acceptors (Lipinski definition) is 4. The van der Waals surface area contributed by atoms with Crippen molar-refractivity contribution in [1.82, 2.24) is 9.78 Å². The van der Waals surface area contributed by atoms with Crippen LogP contribution in [0.3, 0.4) is 0 Å². The topological polar surface area (TPSA) is 56.1 Å². The highest BCUT2D eigenvalue weighted by Gasteiger charge is 2.12.